The van der Waals surface area contributed by atoms with Crippen molar-refractivity contribution in [1.82, 2.24) is 0 Å². The van der Waals surface area contributed by atoms with Gasteiger partial charge in [-0.25, -0.2) is 0 Å². The van der Waals surface area contributed by atoms with Crippen molar-refractivity contribution < 1.29 is 23.4 Å². The van der Waals surface area contributed by atoms with Crippen molar-refractivity contribution in [3.05, 3.63) is 24.3 Å². The van der Waals surface area contributed by atoms with Crippen LogP contribution >= 0.6 is 0 Å². The lowest BCUT2D eigenvalue weighted by atomic mass is 9.85. The number of rotatable bonds is 5. The van der Waals surface area contributed by atoms with Gasteiger partial charge in [0.1, 0.15) is 5.75 Å². The van der Waals surface area contributed by atoms with Crippen LogP contribution in [-0.4, -0.2) is 23.7 Å². The molecular weight excluding hydrogens is 268 g/mol. The van der Waals surface area contributed by atoms with Crippen molar-refractivity contribution in [3.8, 4) is 5.75 Å². The summed E-state index contributed by atoms with van der Waals surface area (Å²) in [5, 5.41) is 12.2. The van der Waals surface area contributed by atoms with Crippen molar-refractivity contribution in [3.63, 3.8) is 0 Å². The third kappa shape index (κ3) is 3.82. The summed E-state index contributed by atoms with van der Waals surface area (Å²) >= 11 is 0. The van der Waals surface area contributed by atoms with Gasteiger partial charge in [-0.3, -0.25) is 4.79 Å². The Balaban J connectivity index is 2.04. The van der Waals surface area contributed by atoms with Crippen LogP contribution in [0.3, 0.4) is 0 Å². The van der Waals surface area contributed by atoms with Gasteiger partial charge in [-0.05, 0) is 31.4 Å². The molecule has 1 fully saturated rings. The van der Waals surface area contributed by atoms with Gasteiger partial charge in [0.2, 0.25) is 0 Å². The first-order valence-corrected chi connectivity index (χ1v) is 6.59. The number of carbonyl (C=O) groups is 1. The highest BCUT2D eigenvalue weighted by Crippen LogP contribution is 2.31. The molecule has 0 amide bonds. The van der Waals surface area contributed by atoms with E-state index in [1.54, 1.807) is 18.2 Å². The maximum atomic E-state index is 12.3. The lowest BCUT2D eigenvalue weighted by Gasteiger charge is -2.28. The molecule has 1 saturated carbocycles. The second kappa shape index (κ2) is 6.54. The Hall–Kier alpha value is -1.85. The van der Waals surface area contributed by atoms with Gasteiger partial charge in [-0.1, -0.05) is 18.6 Å². The third-order valence-corrected chi connectivity index (χ3v) is 3.49. The molecule has 2 N–H and O–H groups in total. The fraction of sp³-hybridized carbons (Fsp3) is 0.500. The summed E-state index contributed by atoms with van der Waals surface area (Å²) in [4.78, 5) is 11.0. The number of para-hydroxylation sites is 2. The van der Waals surface area contributed by atoms with E-state index in [9.17, 15) is 13.6 Å². The molecule has 0 saturated heterocycles. The fourth-order valence-corrected chi connectivity index (χ4v) is 2.55. The van der Waals surface area contributed by atoms with E-state index in [1.807, 2.05) is 0 Å². The van der Waals surface area contributed by atoms with Crippen LogP contribution in [0.4, 0.5) is 14.5 Å². The Morgan fingerprint density at radius 1 is 1.35 bits per heavy atom. The topological polar surface area (TPSA) is 58.6 Å². The number of nitrogens with one attached hydrogen (secondary N) is 1. The van der Waals surface area contributed by atoms with Crippen LogP contribution < -0.4 is 10.1 Å². The normalized spacial score (nSPS) is 22.6. The predicted octanol–water partition coefficient (Wildman–Crippen LogP) is 3.34. The minimum absolute atomic E-state index is 0.0349. The quantitative estimate of drug-likeness (QED) is 0.871. The Kier molecular flexibility index (Phi) is 4.76. The smallest absolute Gasteiger partial charge is 0.387 e. The molecule has 1 aliphatic rings. The minimum Gasteiger partial charge on any atom is -0.481 e. The molecule has 4 nitrogen and oxygen atoms in total. The maximum Gasteiger partial charge on any atom is 0.387 e. The highest BCUT2D eigenvalue weighted by atomic mass is 19.3. The monoisotopic (exact) mass is 285 g/mol. The van der Waals surface area contributed by atoms with Gasteiger partial charge < -0.3 is 15.2 Å². The van der Waals surface area contributed by atoms with Crippen LogP contribution in [0, 0.1) is 5.92 Å². The molecule has 0 aliphatic heterocycles. The number of hydrogen-bond donors (Lipinski definition) is 2. The summed E-state index contributed by atoms with van der Waals surface area (Å²) in [5.41, 5.74) is 0.476. The number of aliphatic carboxylic acids is 1. The molecule has 0 spiro atoms. The first-order chi connectivity index (χ1) is 9.56. The highest BCUT2D eigenvalue weighted by molar-refractivity contribution is 5.70. The van der Waals surface area contributed by atoms with Crippen LogP contribution in [0.2, 0.25) is 0 Å². The molecule has 6 heteroatoms. The van der Waals surface area contributed by atoms with Crippen LogP contribution in [0.25, 0.3) is 0 Å². The van der Waals surface area contributed by atoms with Crippen molar-refractivity contribution in [2.45, 2.75) is 38.3 Å². The van der Waals surface area contributed by atoms with E-state index in [0.717, 1.165) is 12.8 Å². The van der Waals surface area contributed by atoms with Crippen molar-refractivity contribution in [2.24, 2.45) is 5.92 Å². The third-order valence-electron chi connectivity index (χ3n) is 3.49. The molecule has 20 heavy (non-hydrogen) atoms. The van der Waals surface area contributed by atoms with Crippen LogP contribution in [0.15, 0.2) is 24.3 Å². The van der Waals surface area contributed by atoms with Gasteiger partial charge in [0.15, 0.2) is 0 Å². The Morgan fingerprint density at radius 3 is 2.80 bits per heavy atom. The Labute approximate surface area is 115 Å². The second-order valence-corrected chi connectivity index (χ2v) is 4.92. The summed E-state index contributed by atoms with van der Waals surface area (Å²) in [6.45, 7) is -2.88. The number of benzene rings is 1. The van der Waals surface area contributed by atoms with Crippen LogP contribution in [0.5, 0.6) is 5.75 Å². The van der Waals surface area contributed by atoms with Crippen LogP contribution in [0.1, 0.15) is 25.7 Å². The zero-order valence-electron chi connectivity index (χ0n) is 10.9. The van der Waals surface area contributed by atoms with E-state index in [4.69, 9.17) is 5.11 Å². The Bertz CT molecular complexity index is 467. The van der Waals surface area contributed by atoms with Crippen molar-refractivity contribution in [2.75, 3.05) is 5.32 Å². The fourth-order valence-electron chi connectivity index (χ4n) is 2.55. The van der Waals surface area contributed by atoms with Gasteiger partial charge >= 0.3 is 12.6 Å². The number of anilines is 1. The van der Waals surface area contributed by atoms with Crippen molar-refractivity contribution >= 4 is 11.7 Å². The highest BCUT2D eigenvalue weighted by Gasteiger charge is 2.27. The molecular formula is C14H17F2NO3. The molecule has 0 heterocycles. The molecule has 1 aromatic carbocycles. The van der Waals surface area contributed by atoms with E-state index < -0.39 is 12.6 Å². The zero-order chi connectivity index (χ0) is 14.5. The van der Waals surface area contributed by atoms with Gasteiger partial charge in [-0.2, -0.15) is 8.78 Å². The first kappa shape index (κ1) is 14.6. The largest absolute Gasteiger partial charge is 0.481 e. The molecule has 2 atom stereocenters. The molecule has 110 valence electrons. The van der Waals surface area contributed by atoms with Gasteiger partial charge in [0.25, 0.3) is 0 Å². The van der Waals surface area contributed by atoms with Gasteiger partial charge in [0.05, 0.1) is 11.6 Å². The predicted molar refractivity (Wildman–Crippen MR) is 70.1 cm³/mol. The summed E-state index contributed by atoms with van der Waals surface area (Å²) in [7, 11) is 0. The summed E-state index contributed by atoms with van der Waals surface area (Å²) < 4.78 is 29.1. The molecule has 1 aromatic rings. The summed E-state index contributed by atoms with van der Waals surface area (Å²) in [5.74, 6) is -1.09. The van der Waals surface area contributed by atoms with E-state index in [0.29, 0.717) is 18.5 Å². The molecule has 0 aromatic heterocycles. The zero-order valence-corrected chi connectivity index (χ0v) is 10.9. The number of alkyl halides is 2. The minimum atomic E-state index is -2.88. The average molecular weight is 285 g/mol. The van der Waals surface area contributed by atoms with Gasteiger partial charge in [0, 0.05) is 6.04 Å². The number of carboxylic acids is 1. The molecule has 0 radical (unpaired) electrons. The SMILES string of the molecule is O=C(O)C1CCCC(Nc2ccccc2OC(F)F)C1. The maximum absolute atomic E-state index is 12.3. The standard InChI is InChI=1S/C14H17F2NO3/c15-14(16)20-12-7-2-1-6-11(12)17-10-5-3-4-9(8-10)13(18)19/h1-2,6-7,9-10,14,17H,3-5,8H2,(H,18,19). The molecule has 0 bridgehead atoms. The number of halogens is 2. The molecule has 1 aliphatic carbocycles. The van der Waals surface area contributed by atoms with Crippen molar-refractivity contribution in [1.29, 1.82) is 0 Å². The average Bonchev–Trinajstić information content (AvgIpc) is 2.41. The van der Waals surface area contributed by atoms with E-state index >= 15 is 0 Å². The number of carboxylic acid groups (broad SMARTS) is 1. The number of hydrogen-bond acceptors (Lipinski definition) is 3. The summed E-state index contributed by atoms with van der Waals surface area (Å²) in [6.07, 6.45) is 2.81. The second-order valence-electron chi connectivity index (χ2n) is 4.92. The number of ether oxygens (including phenoxy) is 1. The first-order valence-electron chi connectivity index (χ1n) is 6.59. The van der Waals surface area contributed by atoms with E-state index in [2.05, 4.69) is 10.1 Å². The lowest BCUT2D eigenvalue weighted by molar-refractivity contribution is -0.142. The summed E-state index contributed by atoms with van der Waals surface area (Å²) in [6, 6.07) is 6.42. The van der Waals surface area contributed by atoms with E-state index in [-0.39, 0.29) is 17.7 Å². The van der Waals surface area contributed by atoms with Crippen LogP contribution in [-0.2, 0) is 4.79 Å². The molecule has 2 unspecified atom stereocenters. The lowest BCUT2D eigenvalue weighted by Crippen LogP contribution is -2.31. The molecule has 2 rings (SSSR count). The van der Waals surface area contributed by atoms with E-state index in [1.165, 1.54) is 6.07 Å². The van der Waals surface area contributed by atoms with Gasteiger partial charge in [-0.15, -0.1) is 0 Å². The Morgan fingerprint density at radius 2 is 2.10 bits per heavy atom.